The van der Waals surface area contributed by atoms with Crippen LogP contribution in [-0.4, -0.2) is 6.61 Å². The molecule has 7 heteroatoms. The minimum Gasteiger partial charge on any atom is -0.491 e. The molecule has 0 aromatic heterocycles. The van der Waals surface area contributed by atoms with Crippen molar-refractivity contribution >= 4 is 42.2 Å². The molecular formula is C14H12Cl2O3PS+. The molecule has 0 heterocycles. The first-order valence-corrected chi connectivity index (χ1v) is 9.05. The molecule has 0 radical (unpaired) electrons. The first-order valence-electron chi connectivity index (χ1n) is 6.11. The highest BCUT2D eigenvalue weighted by molar-refractivity contribution is 8.01. The lowest BCUT2D eigenvalue weighted by Gasteiger charge is -2.08. The molecule has 0 N–H and O–H groups in total. The predicted octanol–water partition coefficient (Wildman–Crippen LogP) is 5.62. The summed E-state index contributed by atoms with van der Waals surface area (Å²) >= 11 is 17.4. The maximum atomic E-state index is 6.21. The van der Waals surface area contributed by atoms with Crippen LogP contribution in [0.15, 0.2) is 42.5 Å². The largest absolute Gasteiger partial charge is 0.627 e. The third-order valence-electron chi connectivity index (χ3n) is 2.40. The van der Waals surface area contributed by atoms with E-state index in [9.17, 15) is 0 Å². The number of rotatable bonds is 6. The van der Waals surface area contributed by atoms with Crippen LogP contribution in [0.3, 0.4) is 0 Å². The minimum absolute atomic E-state index is 0.290. The average molecular weight is 362 g/mol. The zero-order chi connectivity index (χ0) is 15.2. The Labute approximate surface area is 139 Å². The van der Waals surface area contributed by atoms with E-state index in [-0.39, 0.29) is 0 Å². The van der Waals surface area contributed by atoms with Crippen molar-refractivity contribution in [3.8, 4) is 17.2 Å². The fraction of sp³-hybridized carbons (Fsp3) is 0.143. The molecule has 110 valence electrons. The van der Waals surface area contributed by atoms with E-state index in [1.54, 1.807) is 24.3 Å². The molecule has 0 aliphatic rings. The molecule has 0 bridgehead atoms. The van der Waals surface area contributed by atoms with Crippen LogP contribution in [0, 0.1) is 0 Å². The van der Waals surface area contributed by atoms with Crippen molar-refractivity contribution in [3.05, 3.63) is 52.5 Å². The van der Waals surface area contributed by atoms with E-state index in [4.69, 9.17) is 48.8 Å². The van der Waals surface area contributed by atoms with Crippen molar-refractivity contribution < 1.29 is 13.8 Å². The van der Waals surface area contributed by atoms with Gasteiger partial charge in [-0.2, -0.15) is 0 Å². The van der Waals surface area contributed by atoms with Crippen molar-refractivity contribution in [1.82, 2.24) is 0 Å². The Morgan fingerprint density at radius 2 is 1.76 bits per heavy atom. The first-order chi connectivity index (χ1) is 10.1. The highest BCUT2D eigenvalue weighted by Crippen LogP contribution is 2.43. The van der Waals surface area contributed by atoms with Crippen molar-refractivity contribution in [2.45, 2.75) is 6.92 Å². The van der Waals surface area contributed by atoms with Crippen LogP contribution in [-0.2, 0) is 11.8 Å². The van der Waals surface area contributed by atoms with Crippen molar-refractivity contribution in [3.63, 3.8) is 0 Å². The first kappa shape index (κ1) is 16.3. The lowest BCUT2D eigenvalue weighted by molar-refractivity contribution is 0.339. The van der Waals surface area contributed by atoms with E-state index in [0.717, 1.165) is 0 Å². The van der Waals surface area contributed by atoms with Crippen LogP contribution in [0.25, 0.3) is 0 Å². The smallest absolute Gasteiger partial charge is 0.491 e. The number of para-hydroxylation sites is 1. The van der Waals surface area contributed by atoms with Crippen molar-refractivity contribution in [2.75, 3.05) is 6.61 Å². The number of benzene rings is 2. The molecule has 1 atom stereocenters. The molecule has 0 saturated carbocycles. The summed E-state index contributed by atoms with van der Waals surface area (Å²) in [5.41, 5.74) is 0. The SMILES string of the molecule is CCOc1c(Cl)ccc(O[P+](=S)Oc2ccccc2)c1Cl. The molecule has 0 aliphatic carbocycles. The third-order valence-corrected chi connectivity index (χ3v) is 4.21. The third kappa shape index (κ3) is 4.45. The fourth-order valence-corrected chi connectivity index (χ4v) is 3.24. The second-order valence-corrected chi connectivity index (χ2v) is 6.33. The van der Waals surface area contributed by atoms with Gasteiger partial charge in [0.05, 0.1) is 11.6 Å². The summed E-state index contributed by atoms with van der Waals surface area (Å²) in [6.07, 6.45) is 0. The average Bonchev–Trinajstić information content (AvgIpc) is 2.47. The van der Waals surface area contributed by atoms with E-state index >= 15 is 0 Å². The van der Waals surface area contributed by atoms with E-state index in [1.165, 1.54) is 0 Å². The molecule has 3 nitrogen and oxygen atoms in total. The van der Waals surface area contributed by atoms with Crippen molar-refractivity contribution in [1.29, 1.82) is 0 Å². The molecule has 2 aromatic carbocycles. The molecule has 2 aromatic rings. The number of hydrogen-bond acceptors (Lipinski definition) is 4. The van der Waals surface area contributed by atoms with Gasteiger partial charge in [0.15, 0.2) is 11.5 Å². The van der Waals surface area contributed by atoms with Gasteiger partial charge in [0.25, 0.3) is 11.8 Å². The summed E-state index contributed by atoms with van der Waals surface area (Å²) in [6.45, 7) is 2.30. The Hall–Kier alpha value is -1.06. The summed E-state index contributed by atoms with van der Waals surface area (Å²) in [5.74, 6) is 1.42. The summed E-state index contributed by atoms with van der Waals surface area (Å²) in [5, 5.41) is 0.713. The maximum absolute atomic E-state index is 6.21. The highest BCUT2D eigenvalue weighted by Gasteiger charge is 2.23. The Balaban J connectivity index is 2.12. The standard InChI is InChI=1S/C14H12Cl2O3PS/c1-2-17-14-11(15)8-9-12(13(14)16)19-20(21)18-10-6-4-3-5-7-10/h3-9H,2H2,1H3/q+1. The van der Waals surface area contributed by atoms with Gasteiger partial charge in [-0.15, -0.1) is 0 Å². The van der Waals surface area contributed by atoms with Gasteiger partial charge in [0, 0.05) is 0 Å². The molecule has 21 heavy (non-hydrogen) atoms. The van der Waals surface area contributed by atoms with Crippen molar-refractivity contribution in [2.24, 2.45) is 0 Å². The van der Waals surface area contributed by atoms with Gasteiger partial charge in [0.2, 0.25) is 5.75 Å². The van der Waals surface area contributed by atoms with Crippen LogP contribution in [0.4, 0.5) is 0 Å². The lowest BCUT2D eigenvalue weighted by atomic mass is 10.3. The second kappa shape index (κ2) is 7.81. The minimum atomic E-state index is -1.58. The lowest BCUT2D eigenvalue weighted by Crippen LogP contribution is -1.95. The summed E-state index contributed by atoms with van der Waals surface area (Å²) < 4.78 is 16.5. The molecule has 0 spiro atoms. The van der Waals surface area contributed by atoms with E-state index < -0.39 is 7.15 Å². The number of ether oxygens (including phenoxy) is 1. The normalized spacial score (nSPS) is 10.9. The Bertz CT molecular complexity index is 638. The zero-order valence-corrected chi connectivity index (χ0v) is 14.3. The molecular weight excluding hydrogens is 350 g/mol. The molecule has 0 fully saturated rings. The summed E-state index contributed by atoms with van der Waals surface area (Å²) in [6, 6.07) is 12.5. The van der Waals surface area contributed by atoms with E-state index in [2.05, 4.69) is 0 Å². The fourth-order valence-electron chi connectivity index (χ4n) is 1.53. The topological polar surface area (TPSA) is 27.7 Å². The van der Waals surface area contributed by atoms with Gasteiger partial charge >= 0.3 is 7.15 Å². The van der Waals surface area contributed by atoms with Gasteiger partial charge < -0.3 is 4.74 Å². The second-order valence-electron chi connectivity index (χ2n) is 3.84. The predicted molar refractivity (Wildman–Crippen MR) is 89.6 cm³/mol. The molecule has 2 rings (SSSR count). The van der Waals surface area contributed by atoms with E-state index in [1.807, 2.05) is 25.1 Å². The van der Waals surface area contributed by atoms with Crippen LogP contribution in [0.2, 0.25) is 10.0 Å². The van der Waals surface area contributed by atoms with Gasteiger partial charge in [-0.3, -0.25) is 0 Å². The monoisotopic (exact) mass is 361 g/mol. The zero-order valence-electron chi connectivity index (χ0n) is 11.1. The van der Waals surface area contributed by atoms with Gasteiger partial charge in [-0.25, -0.2) is 9.05 Å². The maximum Gasteiger partial charge on any atom is 0.627 e. The van der Waals surface area contributed by atoms with E-state index in [0.29, 0.717) is 33.9 Å². The van der Waals surface area contributed by atoms with Crippen LogP contribution < -0.4 is 13.8 Å². The number of halogens is 2. The van der Waals surface area contributed by atoms with Crippen LogP contribution in [0.5, 0.6) is 17.2 Å². The summed E-state index contributed by atoms with van der Waals surface area (Å²) in [7, 11) is -1.58. The molecule has 0 amide bonds. The van der Waals surface area contributed by atoms with Gasteiger partial charge in [0.1, 0.15) is 5.02 Å². The van der Waals surface area contributed by atoms with Crippen LogP contribution in [0.1, 0.15) is 6.92 Å². The quantitative estimate of drug-likeness (QED) is 0.623. The molecule has 0 saturated heterocycles. The Kier molecular flexibility index (Phi) is 6.07. The Morgan fingerprint density at radius 1 is 1.05 bits per heavy atom. The Morgan fingerprint density at radius 3 is 2.43 bits per heavy atom. The molecule has 0 aliphatic heterocycles. The van der Waals surface area contributed by atoms with Crippen LogP contribution >= 0.6 is 30.4 Å². The highest BCUT2D eigenvalue weighted by atomic mass is 35.5. The summed E-state index contributed by atoms with van der Waals surface area (Å²) in [4.78, 5) is 0. The number of hydrogen-bond donors (Lipinski definition) is 0. The van der Waals surface area contributed by atoms with Gasteiger partial charge in [-0.1, -0.05) is 41.4 Å². The molecule has 1 unspecified atom stereocenters. The van der Waals surface area contributed by atoms with Gasteiger partial charge in [-0.05, 0) is 31.2 Å².